The van der Waals surface area contributed by atoms with Crippen LogP contribution in [0.25, 0.3) is 5.69 Å². The Morgan fingerprint density at radius 2 is 1.80 bits per heavy atom. The average molecular weight is 346 g/mol. The van der Waals surface area contributed by atoms with Gasteiger partial charge < -0.3 is 4.57 Å². The third kappa shape index (κ3) is 2.65. The molecule has 0 aliphatic rings. The molecule has 2 aromatic rings. The molecule has 1 heterocycles. The number of aryl methyl sites for hydroxylation is 1. The van der Waals surface area contributed by atoms with Crippen molar-refractivity contribution in [3.05, 3.63) is 51.3 Å². The quantitative estimate of drug-likeness (QED) is 0.724. The zero-order valence-corrected chi connectivity index (χ0v) is 12.3. The summed E-state index contributed by atoms with van der Waals surface area (Å²) in [4.78, 5) is 10.9. The van der Waals surface area contributed by atoms with Crippen LogP contribution in [-0.2, 0) is 6.18 Å². The van der Waals surface area contributed by atoms with Crippen LogP contribution in [0.4, 0.5) is 13.2 Å². The highest BCUT2D eigenvalue weighted by Gasteiger charge is 2.31. The van der Waals surface area contributed by atoms with E-state index in [0.717, 1.165) is 12.1 Å². The lowest BCUT2D eigenvalue weighted by molar-refractivity contribution is -0.137. The fourth-order valence-corrected chi connectivity index (χ4v) is 2.65. The lowest BCUT2D eigenvalue weighted by atomic mass is 10.2. The fraction of sp³-hybridized carbons (Fsp3) is 0.214. The van der Waals surface area contributed by atoms with E-state index in [9.17, 15) is 18.0 Å². The van der Waals surface area contributed by atoms with E-state index in [0.29, 0.717) is 33.4 Å². The Kier molecular flexibility index (Phi) is 3.77. The molecular weight excluding hydrogens is 335 g/mol. The third-order valence-electron chi connectivity index (χ3n) is 3.07. The maximum absolute atomic E-state index is 12.8. The largest absolute Gasteiger partial charge is 0.416 e. The van der Waals surface area contributed by atoms with E-state index in [4.69, 9.17) is 0 Å². The van der Waals surface area contributed by atoms with Crippen LogP contribution in [0.1, 0.15) is 27.3 Å². The first-order valence-electron chi connectivity index (χ1n) is 5.76. The summed E-state index contributed by atoms with van der Waals surface area (Å²) in [5, 5.41) is 0. The van der Waals surface area contributed by atoms with Crippen LogP contribution in [0, 0.1) is 13.8 Å². The number of alkyl halides is 3. The third-order valence-corrected chi connectivity index (χ3v) is 3.52. The number of aldehydes is 1. The molecule has 0 fully saturated rings. The number of benzene rings is 1. The Labute approximate surface area is 122 Å². The van der Waals surface area contributed by atoms with Gasteiger partial charge in [-0.15, -0.1) is 0 Å². The molecule has 2 nitrogen and oxygen atoms in total. The van der Waals surface area contributed by atoms with Crippen LogP contribution in [0.2, 0.25) is 0 Å². The standard InChI is InChI=1S/C14H11BrF3NO/c1-8-3-10(7-20)9(2)19(8)13-5-11(14(16,17)18)4-12(15)6-13/h3-7H,1-2H3. The molecule has 0 aliphatic carbocycles. The molecule has 1 aromatic carbocycles. The van der Waals surface area contributed by atoms with E-state index >= 15 is 0 Å². The second-order valence-electron chi connectivity index (χ2n) is 4.48. The van der Waals surface area contributed by atoms with E-state index in [1.165, 1.54) is 0 Å². The van der Waals surface area contributed by atoms with Crippen LogP contribution in [0.3, 0.4) is 0 Å². The summed E-state index contributed by atoms with van der Waals surface area (Å²) in [5.41, 5.74) is 1.42. The second kappa shape index (κ2) is 5.09. The Hall–Kier alpha value is -1.56. The molecule has 0 saturated carbocycles. The van der Waals surface area contributed by atoms with E-state index < -0.39 is 11.7 Å². The lowest BCUT2D eigenvalue weighted by Crippen LogP contribution is -2.07. The van der Waals surface area contributed by atoms with Gasteiger partial charge in [-0.1, -0.05) is 15.9 Å². The van der Waals surface area contributed by atoms with Crippen molar-refractivity contribution in [2.45, 2.75) is 20.0 Å². The summed E-state index contributed by atoms with van der Waals surface area (Å²) < 4.78 is 40.5. The summed E-state index contributed by atoms with van der Waals surface area (Å²) >= 11 is 3.09. The zero-order chi connectivity index (χ0) is 15.1. The van der Waals surface area contributed by atoms with Gasteiger partial charge in [0.25, 0.3) is 0 Å². The van der Waals surface area contributed by atoms with Crippen LogP contribution in [0.15, 0.2) is 28.7 Å². The number of hydrogen-bond donors (Lipinski definition) is 0. The number of nitrogens with zero attached hydrogens (tertiary/aromatic N) is 1. The maximum atomic E-state index is 12.8. The predicted molar refractivity (Wildman–Crippen MR) is 73.3 cm³/mol. The van der Waals surface area contributed by atoms with Crippen molar-refractivity contribution in [3.63, 3.8) is 0 Å². The number of carbonyl (C=O) groups is 1. The summed E-state index contributed by atoms with van der Waals surface area (Å²) in [6, 6.07) is 5.33. The molecule has 0 aliphatic heterocycles. The van der Waals surface area contributed by atoms with Crippen molar-refractivity contribution < 1.29 is 18.0 Å². The minimum absolute atomic E-state index is 0.336. The molecule has 0 unspecified atom stereocenters. The first kappa shape index (κ1) is 14.8. The van der Waals surface area contributed by atoms with E-state index in [2.05, 4.69) is 15.9 Å². The van der Waals surface area contributed by atoms with Crippen molar-refractivity contribution in [1.82, 2.24) is 4.57 Å². The molecule has 2 rings (SSSR count). The van der Waals surface area contributed by atoms with Crippen LogP contribution < -0.4 is 0 Å². The molecular formula is C14H11BrF3NO. The van der Waals surface area contributed by atoms with Gasteiger partial charge in [-0.05, 0) is 38.1 Å². The van der Waals surface area contributed by atoms with Crippen molar-refractivity contribution in [1.29, 1.82) is 0 Å². The van der Waals surface area contributed by atoms with E-state index in [1.807, 2.05) is 0 Å². The molecule has 0 saturated heterocycles. The van der Waals surface area contributed by atoms with Gasteiger partial charge in [0.1, 0.15) is 0 Å². The molecule has 6 heteroatoms. The molecule has 0 spiro atoms. The van der Waals surface area contributed by atoms with Gasteiger partial charge >= 0.3 is 6.18 Å². The number of rotatable bonds is 2. The highest BCUT2D eigenvalue weighted by atomic mass is 79.9. The summed E-state index contributed by atoms with van der Waals surface area (Å²) in [7, 11) is 0. The first-order chi connectivity index (χ1) is 9.24. The van der Waals surface area contributed by atoms with Gasteiger partial charge in [-0.3, -0.25) is 4.79 Å². The van der Waals surface area contributed by atoms with Crippen LogP contribution in [-0.4, -0.2) is 10.9 Å². The molecule has 106 valence electrons. The number of aromatic nitrogens is 1. The molecule has 0 radical (unpaired) electrons. The molecule has 0 bridgehead atoms. The minimum Gasteiger partial charge on any atom is -0.318 e. The lowest BCUT2D eigenvalue weighted by Gasteiger charge is -2.14. The van der Waals surface area contributed by atoms with Gasteiger partial charge in [-0.2, -0.15) is 13.2 Å². The van der Waals surface area contributed by atoms with Gasteiger partial charge in [-0.25, -0.2) is 0 Å². The topological polar surface area (TPSA) is 22.0 Å². The van der Waals surface area contributed by atoms with Gasteiger partial charge in [0.15, 0.2) is 6.29 Å². The predicted octanol–water partition coefficient (Wildman–Crippen LogP) is 4.69. The highest BCUT2D eigenvalue weighted by Crippen LogP contribution is 2.33. The molecule has 0 N–H and O–H groups in total. The second-order valence-corrected chi connectivity index (χ2v) is 5.39. The van der Waals surface area contributed by atoms with Gasteiger partial charge in [0, 0.05) is 27.1 Å². The number of halogens is 4. The fourth-order valence-electron chi connectivity index (χ4n) is 2.17. The van der Waals surface area contributed by atoms with Crippen molar-refractivity contribution in [2.75, 3.05) is 0 Å². The number of carbonyl (C=O) groups excluding carboxylic acids is 1. The molecule has 0 atom stereocenters. The normalized spacial score (nSPS) is 11.7. The Morgan fingerprint density at radius 3 is 2.30 bits per heavy atom. The van der Waals surface area contributed by atoms with Crippen molar-refractivity contribution in [3.8, 4) is 5.69 Å². The zero-order valence-electron chi connectivity index (χ0n) is 10.8. The van der Waals surface area contributed by atoms with Crippen LogP contribution in [0.5, 0.6) is 0 Å². The monoisotopic (exact) mass is 345 g/mol. The van der Waals surface area contributed by atoms with E-state index in [-0.39, 0.29) is 0 Å². The number of hydrogen-bond acceptors (Lipinski definition) is 1. The summed E-state index contributed by atoms with van der Waals surface area (Å²) in [6.45, 7) is 3.44. The van der Waals surface area contributed by atoms with Gasteiger partial charge in [0.2, 0.25) is 0 Å². The first-order valence-corrected chi connectivity index (χ1v) is 6.55. The Balaban J connectivity index is 2.68. The summed E-state index contributed by atoms with van der Waals surface area (Å²) in [5.74, 6) is 0. The van der Waals surface area contributed by atoms with Crippen molar-refractivity contribution >= 4 is 22.2 Å². The SMILES string of the molecule is Cc1cc(C=O)c(C)n1-c1cc(Br)cc(C(F)(F)F)c1. The molecule has 1 aromatic heterocycles. The minimum atomic E-state index is -4.42. The highest BCUT2D eigenvalue weighted by molar-refractivity contribution is 9.10. The molecule has 0 amide bonds. The average Bonchev–Trinajstić information content (AvgIpc) is 2.62. The maximum Gasteiger partial charge on any atom is 0.416 e. The van der Waals surface area contributed by atoms with Crippen molar-refractivity contribution in [2.24, 2.45) is 0 Å². The van der Waals surface area contributed by atoms with Crippen LogP contribution >= 0.6 is 15.9 Å². The Bertz CT molecular complexity index is 674. The van der Waals surface area contributed by atoms with Gasteiger partial charge in [0.05, 0.1) is 5.56 Å². The Morgan fingerprint density at radius 1 is 1.15 bits per heavy atom. The smallest absolute Gasteiger partial charge is 0.318 e. The molecule has 20 heavy (non-hydrogen) atoms. The summed E-state index contributed by atoms with van der Waals surface area (Å²) in [6.07, 6.45) is -3.72. The van der Waals surface area contributed by atoms with E-state index in [1.54, 1.807) is 30.5 Å².